The average Bonchev–Trinajstić information content (AvgIpc) is 2.75. The Kier molecular flexibility index (Phi) is 5.33. The molecule has 2 aliphatic heterocycles. The summed E-state index contributed by atoms with van der Waals surface area (Å²) in [5, 5.41) is 0.690. The Morgan fingerprint density at radius 1 is 1.14 bits per heavy atom. The molecule has 1 atom stereocenters. The molecule has 0 saturated carbocycles. The maximum atomic E-state index is 6.04. The molecule has 2 saturated heterocycles. The maximum absolute atomic E-state index is 6.04. The Hall–Kier alpha value is -0.840. The van der Waals surface area contributed by atoms with Crippen LogP contribution in [0.5, 0.6) is 0 Å². The fourth-order valence-corrected chi connectivity index (χ4v) is 3.31. The first-order chi connectivity index (χ1) is 10.3. The Labute approximate surface area is 132 Å². The van der Waals surface area contributed by atoms with Gasteiger partial charge in [0.1, 0.15) is 5.82 Å². The molecule has 1 aromatic rings. The van der Waals surface area contributed by atoms with Gasteiger partial charge in [-0.05, 0) is 44.5 Å². The number of likely N-dealkylation sites (tertiary alicyclic amines) is 1. The van der Waals surface area contributed by atoms with E-state index < -0.39 is 0 Å². The van der Waals surface area contributed by atoms with Crippen LogP contribution in [0.4, 0.5) is 5.82 Å². The fraction of sp³-hybridized carbons (Fsp3) is 0.688. The molecule has 21 heavy (non-hydrogen) atoms. The first-order valence-electron chi connectivity index (χ1n) is 8.02. The Bertz CT molecular complexity index is 434. The molecule has 0 aromatic carbocycles. The molecule has 0 bridgehead atoms. The van der Waals surface area contributed by atoms with E-state index in [-0.39, 0.29) is 6.10 Å². The predicted molar refractivity (Wildman–Crippen MR) is 86.1 cm³/mol. The van der Waals surface area contributed by atoms with E-state index in [0.29, 0.717) is 5.02 Å². The summed E-state index contributed by atoms with van der Waals surface area (Å²) in [6.07, 6.45) is 7.10. The van der Waals surface area contributed by atoms with Crippen molar-refractivity contribution in [2.45, 2.75) is 31.8 Å². The molecular weight excluding hydrogens is 286 g/mol. The third kappa shape index (κ3) is 4.31. The number of aromatic nitrogens is 1. The van der Waals surface area contributed by atoms with Crippen LogP contribution >= 0.6 is 11.6 Å². The zero-order valence-corrected chi connectivity index (χ0v) is 13.3. The number of rotatable bonds is 3. The van der Waals surface area contributed by atoms with Crippen molar-refractivity contribution < 1.29 is 4.74 Å². The highest BCUT2D eigenvalue weighted by molar-refractivity contribution is 6.30. The summed E-state index contributed by atoms with van der Waals surface area (Å²) >= 11 is 5.93. The zero-order chi connectivity index (χ0) is 14.5. The number of halogens is 1. The second-order valence-electron chi connectivity index (χ2n) is 5.99. The molecule has 5 heteroatoms. The van der Waals surface area contributed by atoms with E-state index in [9.17, 15) is 0 Å². The quantitative estimate of drug-likeness (QED) is 0.858. The van der Waals surface area contributed by atoms with Crippen molar-refractivity contribution in [1.82, 2.24) is 9.88 Å². The highest BCUT2D eigenvalue weighted by Gasteiger charge is 2.22. The minimum Gasteiger partial charge on any atom is -0.375 e. The van der Waals surface area contributed by atoms with Gasteiger partial charge in [-0.15, -0.1) is 0 Å². The van der Waals surface area contributed by atoms with E-state index in [1.165, 1.54) is 32.4 Å². The van der Waals surface area contributed by atoms with Gasteiger partial charge in [0.15, 0.2) is 0 Å². The molecule has 0 amide bonds. The lowest BCUT2D eigenvalue weighted by atomic mass is 10.1. The van der Waals surface area contributed by atoms with Gasteiger partial charge >= 0.3 is 0 Å². The second kappa shape index (κ2) is 7.43. The summed E-state index contributed by atoms with van der Waals surface area (Å²) in [7, 11) is 0. The molecule has 3 rings (SSSR count). The lowest BCUT2D eigenvalue weighted by molar-refractivity contribution is 0.0350. The number of hydrogen-bond acceptors (Lipinski definition) is 4. The van der Waals surface area contributed by atoms with Gasteiger partial charge in [-0.3, -0.25) is 0 Å². The molecule has 1 aromatic heterocycles. The Morgan fingerprint density at radius 3 is 2.76 bits per heavy atom. The largest absolute Gasteiger partial charge is 0.375 e. The lowest BCUT2D eigenvalue weighted by Crippen LogP contribution is -2.42. The minimum atomic E-state index is 0.281. The molecular formula is C16H24ClN3O. The molecule has 0 spiro atoms. The van der Waals surface area contributed by atoms with Crippen molar-refractivity contribution in [3.8, 4) is 0 Å². The second-order valence-corrected chi connectivity index (χ2v) is 6.42. The van der Waals surface area contributed by atoms with E-state index in [0.717, 1.165) is 38.5 Å². The van der Waals surface area contributed by atoms with E-state index >= 15 is 0 Å². The Balaban J connectivity index is 1.61. The van der Waals surface area contributed by atoms with E-state index in [4.69, 9.17) is 16.3 Å². The van der Waals surface area contributed by atoms with Gasteiger partial charge in [-0.1, -0.05) is 18.0 Å². The SMILES string of the molecule is Clc1ccc(N2CCCOC(CN3CCCCC3)C2)nc1. The summed E-state index contributed by atoms with van der Waals surface area (Å²) in [6.45, 7) is 6.26. The topological polar surface area (TPSA) is 28.6 Å². The van der Waals surface area contributed by atoms with Gasteiger partial charge in [0.25, 0.3) is 0 Å². The van der Waals surface area contributed by atoms with Crippen molar-refractivity contribution in [2.24, 2.45) is 0 Å². The van der Waals surface area contributed by atoms with Crippen LogP contribution in [-0.4, -0.2) is 55.3 Å². The third-order valence-electron chi connectivity index (χ3n) is 4.30. The van der Waals surface area contributed by atoms with E-state index in [1.54, 1.807) is 6.20 Å². The Morgan fingerprint density at radius 2 is 2.00 bits per heavy atom. The smallest absolute Gasteiger partial charge is 0.128 e. The monoisotopic (exact) mass is 309 g/mol. The predicted octanol–water partition coefficient (Wildman–Crippen LogP) is 2.82. The standard InChI is InChI=1S/C16H24ClN3O/c17-14-5-6-16(18-11-14)20-9-4-10-21-15(13-20)12-19-7-2-1-3-8-19/h5-6,11,15H,1-4,7-10,12-13H2. The zero-order valence-electron chi connectivity index (χ0n) is 12.5. The number of hydrogen-bond donors (Lipinski definition) is 0. The van der Waals surface area contributed by atoms with Crippen LogP contribution in [0.25, 0.3) is 0 Å². The number of nitrogens with zero attached hydrogens (tertiary/aromatic N) is 3. The van der Waals surface area contributed by atoms with Gasteiger partial charge < -0.3 is 14.5 Å². The molecule has 2 fully saturated rings. The highest BCUT2D eigenvalue weighted by atomic mass is 35.5. The minimum absolute atomic E-state index is 0.281. The van der Waals surface area contributed by atoms with E-state index in [1.807, 2.05) is 12.1 Å². The molecule has 3 heterocycles. The maximum Gasteiger partial charge on any atom is 0.128 e. The molecule has 0 radical (unpaired) electrons. The molecule has 0 aliphatic carbocycles. The lowest BCUT2D eigenvalue weighted by Gasteiger charge is -2.31. The van der Waals surface area contributed by atoms with Crippen LogP contribution in [-0.2, 0) is 4.74 Å². The first kappa shape index (κ1) is 15.1. The number of piperidine rings is 1. The summed E-state index contributed by atoms with van der Waals surface area (Å²) in [6, 6.07) is 3.92. The molecule has 4 nitrogen and oxygen atoms in total. The molecule has 0 N–H and O–H groups in total. The van der Waals surface area contributed by atoms with Crippen molar-refractivity contribution in [3.63, 3.8) is 0 Å². The normalized spacial score (nSPS) is 24.8. The van der Waals surface area contributed by atoms with Crippen LogP contribution in [0, 0.1) is 0 Å². The summed E-state index contributed by atoms with van der Waals surface area (Å²) in [5.74, 6) is 1.01. The number of pyridine rings is 1. The van der Waals surface area contributed by atoms with Crippen LogP contribution < -0.4 is 4.90 Å². The number of ether oxygens (including phenoxy) is 1. The van der Waals surface area contributed by atoms with Crippen molar-refractivity contribution >= 4 is 17.4 Å². The summed E-state index contributed by atoms with van der Waals surface area (Å²) in [5.41, 5.74) is 0. The third-order valence-corrected chi connectivity index (χ3v) is 4.52. The van der Waals surface area contributed by atoms with Gasteiger partial charge in [-0.25, -0.2) is 4.98 Å². The number of anilines is 1. The highest BCUT2D eigenvalue weighted by Crippen LogP contribution is 2.18. The van der Waals surface area contributed by atoms with Gasteiger partial charge in [-0.2, -0.15) is 0 Å². The molecule has 2 aliphatic rings. The first-order valence-corrected chi connectivity index (χ1v) is 8.39. The van der Waals surface area contributed by atoms with Crippen molar-refractivity contribution in [1.29, 1.82) is 0 Å². The summed E-state index contributed by atoms with van der Waals surface area (Å²) < 4.78 is 6.04. The van der Waals surface area contributed by atoms with E-state index in [2.05, 4.69) is 14.8 Å². The van der Waals surface area contributed by atoms with Crippen LogP contribution in [0.3, 0.4) is 0 Å². The van der Waals surface area contributed by atoms with Gasteiger partial charge in [0, 0.05) is 32.4 Å². The summed E-state index contributed by atoms with van der Waals surface area (Å²) in [4.78, 5) is 9.33. The van der Waals surface area contributed by atoms with Crippen molar-refractivity contribution in [2.75, 3.05) is 44.2 Å². The average molecular weight is 310 g/mol. The van der Waals surface area contributed by atoms with Gasteiger partial charge in [0.2, 0.25) is 0 Å². The van der Waals surface area contributed by atoms with Crippen molar-refractivity contribution in [3.05, 3.63) is 23.4 Å². The van der Waals surface area contributed by atoms with Gasteiger partial charge in [0.05, 0.1) is 11.1 Å². The molecule has 116 valence electrons. The fourth-order valence-electron chi connectivity index (χ4n) is 3.20. The van der Waals surface area contributed by atoms with Crippen LogP contribution in [0.1, 0.15) is 25.7 Å². The van der Waals surface area contributed by atoms with Crippen LogP contribution in [0.15, 0.2) is 18.3 Å². The van der Waals surface area contributed by atoms with Crippen LogP contribution in [0.2, 0.25) is 5.02 Å². The molecule has 1 unspecified atom stereocenters.